The summed E-state index contributed by atoms with van der Waals surface area (Å²) in [7, 11) is 0. The largest absolute Gasteiger partial charge is 0.301 e. The molecule has 1 atom stereocenters. The van der Waals surface area contributed by atoms with Gasteiger partial charge in [0.25, 0.3) is 0 Å². The number of benzene rings is 1. The third kappa shape index (κ3) is 4.24. The van der Waals surface area contributed by atoms with Crippen LogP contribution in [0.15, 0.2) is 54.2 Å². The number of rotatable bonds is 5. The van der Waals surface area contributed by atoms with Crippen LogP contribution < -0.4 is 5.32 Å². The molecule has 0 aliphatic heterocycles. The van der Waals surface area contributed by atoms with Gasteiger partial charge in [0, 0.05) is 28.4 Å². The molecule has 6 heteroatoms. The second-order valence-electron chi connectivity index (χ2n) is 6.04. The van der Waals surface area contributed by atoms with Crippen molar-refractivity contribution in [3.05, 3.63) is 64.8 Å². The third-order valence-corrected chi connectivity index (χ3v) is 4.88. The van der Waals surface area contributed by atoms with E-state index in [0.29, 0.717) is 10.2 Å². The van der Waals surface area contributed by atoms with E-state index < -0.39 is 0 Å². The SMILES string of the molecule is CC(C)C(C(=O)Nc1nc(-c2cccnc2)cs1)c1ccc(Cl)cc1. The summed E-state index contributed by atoms with van der Waals surface area (Å²) in [6.45, 7) is 4.06. The van der Waals surface area contributed by atoms with Crippen molar-refractivity contribution in [1.82, 2.24) is 9.97 Å². The topological polar surface area (TPSA) is 54.9 Å². The van der Waals surface area contributed by atoms with Crippen molar-refractivity contribution < 1.29 is 4.79 Å². The molecule has 1 N–H and O–H groups in total. The zero-order valence-electron chi connectivity index (χ0n) is 13.9. The lowest BCUT2D eigenvalue weighted by atomic mass is 9.88. The third-order valence-electron chi connectivity index (χ3n) is 3.87. The summed E-state index contributed by atoms with van der Waals surface area (Å²) in [5.74, 6) is -0.175. The van der Waals surface area contributed by atoms with Gasteiger partial charge in [-0.25, -0.2) is 4.98 Å². The van der Waals surface area contributed by atoms with Gasteiger partial charge in [0.05, 0.1) is 11.6 Å². The molecule has 3 rings (SSSR count). The number of hydrogen-bond acceptors (Lipinski definition) is 4. The fourth-order valence-electron chi connectivity index (χ4n) is 2.67. The highest BCUT2D eigenvalue weighted by atomic mass is 35.5. The second-order valence-corrected chi connectivity index (χ2v) is 7.34. The van der Waals surface area contributed by atoms with Crippen molar-refractivity contribution >= 4 is 34.0 Å². The van der Waals surface area contributed by atoms with Crippen LogP contribution in [-0.2, 0) is 4.79 Å². The molecule has 0 bridgehead atoms. The molecule has 1 aromatic carbocycles. The number of carbonyl (C=O) groups excluding carboxylic acids is 1. The van der Waals surface area contributed by atoms with Crippen LogP contribution in [0.2, 0.25) is 5.02 Å². The lowest BCUT2D eigenvalue weighted by Gasteiger charge is -2.20. The number of anilines is 1. The summed E-state index contributed by atoms with van der Waals surface area (Å²) in [5.41, 5.74) is 2.68. The lowest BCUT2D eigenvalue weighted by Crippen LogP contribution is -2.25. The predicted octanol–water partition coefficient (Wildman–Crippen LogP) is 5.24. The first-order chi connectivity index (χ1) is 12.0. The number of hydrogen-bond donors (Lipinski definition) is 1. The quantitative estimate of drug-likeness (QED) is 0.667. The van der Waals surface area contributed by atoms with Crippen molar-refractivity contribution in [1.29, 1.82) is 0 Å². The molecule has 3 aromatic rings. The maximum absolute atomic E-state index is 12.8. The van der Waals surface area contributed by atoms with Crippen LogP contribution in [0.3, 0.4) is 0 Å². The molecule has 4 nitrogen and oxygen atoms in total. The van der Waals surface area contributed by atoms with Crippen molar-refractivity contribution in [2.24, 2.45) is 5.92 Å². The molecule has 0 saturated carbocycles. The van der Waals surface area contributed by atoms with Crippen LogP contribution >= 0.6 is 22.9 Å². The Hall–Kier alpha value is -2.24. The van der Waals surface area contributed by atoms with Crippen LogP contribution in [0.1, 0.15) is 25.3 Å². The first-order valence-electron chi connectivity index (χ1n) is 7.97. The van der Waals surface area contributed by atoms with Gasteiger partial charge < -0.3 is 5.32 Å². The molecular weight excluding hydrogens is 354 g/mol. The normalized spacial score (nSPS) is 12.2. The highest BCUT2D eigenvalue weighted by molar-refractivity contribution is 7.14. The average Bonchev–Trinajstić information content (AvgIpc) is 3.06. The summed E-state index contributed by atoms with van der Waals surface area (Å²) in [6.07, 6.45) is 3.48. The number of amides is 1. The van der Waals surface area contributed by atoms with Gasteiger partial charge in [-0.15, -0.1) is 11.3 Å². The molecule has 0 aliphatic carbocycles. The van der Waals surface area contributed by atoms with E-state index in [1.54, 1.807) is 12.4 Å². The van der Waals surface area contributed by atoms with Gasteiger partial charge in [0.2, 0.25) is 5.91 Å². The summed E-state index contributed by atoms with van der Waals surface area (Å²) >= 11 is 7.36. The van der Waals surface area contributed by atoms with E-state index in [0.717, 1.165) is 16.8 Å². The molecular formula is C19H18ClN3OS. The Morgan fingerprint density at radius 3 is 2.60 bits per heavy atom. The molecule has 0 saturated heterocycles. The Balaban J connectivity index is 1.78. The number of aromatic nitrogens is 2. The summed E-state index contributed by atoms with van der Waals surface area (Å²) < 4.78 is 0. The fraction of sp³-hybridized carbons (Fsp3) is 0.211. The van der Waals surface area contributed by atoms with Crippen molar-refractivity contribution in [2.75, 3.05) is 5.32 Å². The van der Waals surface area contributed by atoms with Gasteiger partial charge in [0.1, 0.15) is 0 Å². The lowest BCUT2D eigenvalue weighted by molar-refractivity contribution is -0.118. The molecule has 0 fully saturated rings. The van der Waals surface area contributed by atoms with Gasteiger partial charge >= 0.3 is 0 Å². The maximum atomic E-state index is 12.8. The monoisotopic (exact) mass is 371 g/mol. The number of halogens is 1. The molecule has 25 heavy (non-hydrogen) atoms. The van der Waals surface area contributed by atoms with Crippen molar-refractivity contribution in [3.63, 3.8) is 0 Å². The first kappa shape index (κ1) is 17.6. The van der Waals surface area contributed by atoms with E-state index in [1.807, 2.05) is 55.6 Å². The Morgan fingerprint density at radius 2 is 1.96 bits per heavy atom. The molecule has 128 valence electrons. The Morgan fingerprint density at radius 1 is 1.20 bits per heavy atom. The van der Waals surface area contributed by atoms with Gasteiger partial charge in [-0.2, -0.15) is 0 Å². The van der Waals surface area contributed by atoms with Gasteiger partial charge in [0.15, 0.2) is 5.13 Å². The van der Waals surface area contributed by atoms with E-state index in [9.17, 15) is 4.79 Å². The zero-order valence-corrected chi connectivity index (χ0v) is 15.5. The first-order valence-corrected chi connectivity index (χ1v) is 9.22. The Kier molecular flexibility index (Phi) is 5.46. The number of nitrogens with zero attached hydrogens (tertiary/aromatic N) is 2. The number of pyridine rings is 1. The number of thiazole rings is 1. The molecule has 2 aromatic heterocycles. The minimum Gasteiger partial charge on any atom is -0.301 e. The number of nitrogens with one attached hydrogen (secondary N) is 1. The van der Waals surface area contributed by atoms with Crippen molar-refractivity contribution in [3.8, 4) is 11.3 Å². The molecule has 1 unspecified atom stereocenters. The highest BCUT2D eigenvalue weighted by Gasteiger charge is 2.25. The fourth-order valence-corrected chi connectivity index (χ4v) is 3.52. The molecule has 1 amide bonds. The highest BCUT2D eigenvalue weighted by Crippen LogP contribution is 2.29. The minimum atomic E-state index is -0.261. The summed E-state index contributed by atoms with van der Waals surface area (Å²) in [4.78, 5) is 21.4. The van der Waals surface area contributed by atoms with Crippen LogP contribution in [0, 0.1) is 5.92 Å². The Labute approximate surface area is 155 Å². The predicted molar refractivity (Wildman–Crippen MR) is 103 cm³/mol. The smallest absolute Gasteiger partial charge is 0.233 e. The number of carbonyl (C=O) groups is 1. The van der Waals surface area contributed by atoms with E-state index in [4.69, 9.17) is 11.6 Å². The van der Waals surface area contributed by atoms with Crippen LogP contribution in [-0.4, -0.2) is 15.9 Å². The second kappa shape index (κ2) is 7.76. The molecule has 2 heterocycles. The van der Waals surface area contributed by atoms with E-state index in [-0.39, 0.29) is 17.7 Å². The van der Waals surface area contributed by atoms with Crippen molar-refractivity contribution in [2.45, 2.75) is 19.8 Å². The van der Waals surface area contributed by atoms with Gasteiger partial charge in [-0.3, -0.25) is 9.78 Å². The molecule has 0 radical (unpaired) electrons. The van der Waals surface area contributed by atoms with Crippen LogP contribution in [0.4, 0.5) is 5.13 Å². The Bertz CT molecular complexity index is 847. The van der Waals surface area contributed by atoms with E-state index >= 15 is 0 Å². The average molecular weight is 372 g/mol. The standard InChI is InChI=1S/C19H18ClN3OS/c1-12(2)17(13-5-7-15(20)8-6-13)18(24)23-19-22-16(11-25-19)14-4-3-9-21-10-14/h3-12,17H,1-2H3,(H,22,23,24). The maximum Gasteiger partial charge on any atom is 0.233 e. The summed E-state index contributed by atoms with van der Waals surface area (Å²) in [5, 5.41) is 6.10. The van der Waals surface area contributed by atoms with Crippen LogP contribution in [0.5, 0.6) is 0 Å². The molecule has 0 aliphatic rings. The zero-order chi connectivity index (χ0) is 17.8. The summed E-state index contributed by atoms with van der Waals surface area (Å²) in [6, 6.07) is 11.2. The minimum absolute atomic E-state index is 0.0654. The van der Waals surface area contributed by atoms with E-state index in [2.05, 4.69) is 15.3 Å². The van der Waals surface area contributed by atoms with Gasteiger partial charge in [-0.1, -0.05) is 37.6 Å². The van der Waals surface area contributed by atoms with E-state index in [1.165, 1.54) is 11.3 Å². The molecule has 0 spiro atoms. The van der Waals surface area contributed by atoms with Crippen LogP contribution in [0.25, 0.3) is 11.3 Å². The van der Waals surface area contributed by atoms with Gasteiger partial charge in [-0.05, 0) is 35.7 Å².